The van der Waals surface area contributed by atoms with Gasteiger partial charge < -0.3 is 20.2 Å². The number of rotatable bonds is 7. The first-order valence-electron chi connectivity index (χ1n) is 6.26. The van der Waals surface area contributed by atoms with Crippen LogP contribution in [0.15, 0.2) is 34.7 Å². The van der Waals surface area contributed by atoms with Gasteiger partial charge in [-0.25, -0.2) is 0 Å². The van der Waals surface area contributed by atoms with Crippen LogP contribution >= 0.6 is 12.4 Å². The molecule has 1 aromatic carbocycles. The van der Waals surface area contributed by atoms with E-state index in [4.69, 9.17) is 14.9 Å². The van der Waals surface area contributed by atoms with E-state index in [1.807, 2.05) is 37.3 Å². The maximum Gasteiger partial charge on any atom is 0.315 e. The summed E-state index contributed by atoms with van der Waals surface area (Å²) in [5.41, 5.74) is 6.99. The van der Waals surface area contributed by atoms with Crippen LogP contribution in [0.25, 0.3) is 0 Å². The third-order valence-electron chi connectivity index (χ3n) is 2.59. The van der Waals surface area contributed by atoms with Crippen molar-refractivity contribution in [1.82, 2.24) is 10.2 Å². The molecule has 6 nitrogen and oxygen atoms in total. The maximum atomic E-state index is 6.06. The third kappa shape index (κ3) is 4.48. The van der Waals surface area contributed by atoms with Crippen LogP contribution in [0.2, 0.25) is 0 Å². The molecule has 1 atom stereocenters. The summed E-state index contributed by atoms with van der Waals surface area (Å²) in [7, 11) is 0. The molecule has 20 heavy (non-hydrogen) atoms. The van der Waals surface area contributed by atoms with Crippen molar-refractivity contribution >= 4 is 18.4 Å². The molecule has 0 bridgehead atoms. The van der Waals surface area contributed by atoms with E-state index in [0.717, 1.165) is 5.56 Å². The Labute approximate surface area is 124 Å². The average molecular weight is 299 g/mol. The van der Waals surface area contributed by atoms with Crippen LogP contribution in [0.3, 0.4) is 0 Å². The Hall–Kier alpha value is -1.63. The van der Waals surface area contributed by atoms with Crippen LogP contribution in [-0.2, 0) is 4.74 Å². The first-order valence-corrected chi connectivity index (χ1v) is 6.26. The van der Waals surface area contributed by atoms with Crippen molar-refractivity contribution in [3.8, 4) is 0 Å². The van der Waals surface area contributed by atoms with E-state index in [1.54, 1.807) is 0 Å². The molecule has 0 unspecified atom stereocenters. The normalized spacial score (nSPS) is 11.7. The predicted octanol–water partition coefficient (Wildman–Crippen LogP) is 1.99. The fourth-order valence-electron chi connectivity index (χ4n) is 1.61. The lowest BCUT2D eigenvalue weighted by Crippen LogP contribution is -2.12. The van der Waals surface area contributed by atoms with Crippen molar-refractivity contribution in [2.75, 3.05) is 25.1 Å². The lowest BCUT2D eigenvalue weighted by atomic mass is 10.1. The number of nitrogens with one attached hydrogen (secondary N) is 1. The molecule has 0 saturated carbocycles. The second-order valence-corrected chi connectivity index (χ2v) is 3.96. The van der Waals surface area contributed by atoms with Crippen LogP contribution in [0, 0.1) is 0 Å². The number of anilines is 1. The number of hydrogen-bond donors (Lipinski definition) is 2. The molecule has 1 heterocycles. The van der Waals surface area contributed by atoms with E-state index in [9.17, 15) is 0 Å². The van der Waals surface area contributed by atoms with Gasteiger partial charge in [-0.15, -0.1) is 17.5 Å². The molecule has 7 heteroatoms. The Morgan fingerprint density at radius 3 is 2.75 bits per heavy atom. The second kappa shape index (κ2) is 8.52. The van der Waals surface area contributed by atoms with Crippen LogP contribution < -0.4 is 11.1 Å². The summed E-state index contributed by atoms with van der Waals surface area (Å²) in [6.07, 6.45) is 0. The molecular weight excluding hydrogens is 280 g/mol. The summed E-state index contributed by atoms with van der Waals surface area (Å²) < 4.78 is 10.7. The monoisotopic (exact) mass is 298 g/mol. The number of nitrogens with zero attached hydrogens (tertiary/aromatic N) is 2. The Morgan fingerprint density at radius 2 is 2.05 bits per heavy atom. The number of halogens is 1. The number of nitrogens with two attached hydrogens (primary N) is 1. The summed E-state index contributed by atoms with van der Waals surface area (Å²) in [5.74, 6) is 0.394. The quantitative estimate of drug-likeness (QED) is 0.760. The van der Waals surface area contributed by atoms with Crippen molar-refractivity contribution in [2.45, 2.75) is 13.0 Å². The molecule has 0 aliphatic carbocycles. The van der Waals surface area contributed by atoms with Crippen LogP contribution in [0.4, 0.5) is 6.01 Å². The molecular formula is C13H19ClN4O2. The highest BCUT2D eigenvalue weighted by Gasteiger charge is 2.15. The van der Waals surface area contributed by atoms with Gasteiger partial charge >= 0.3 is 6.01 Å². The molecule has 2 aromatic rings. The fraction of sp³-hybridized carbons (Fsp3) is 0.385. The van der Waals surface area contributed by atoms with Gasteiger partial charge in [0.15, 0.2) is 0 Å². The molecule has 0 spiro atoms. The Morgan fingerprint density at radius 1 is 1.30 bits per heavy atom. The zero-order chi connectivity index (χ0) is 13.5. The highest BCUT2D eigenvalue weighted by atomic mass is 35.5. The zero-order valence-electron chi connectivity index (χ0n) is 11.3. The number of aromatic nitrogens is 2. The minimum absolute atomic E-state index is 0. The maximum absolute atomic E-state index is 6.06. The third-order valence-corrected chi connectivity index (χ3v) is 2.59. The van der Waals surface area contributed by atoms with Crippen LogP contribution in [0.1, 0.15) is 24.4 Å². The fourth-order valence-corrected chi connectivity index (χ4v) is 1.61. The smallest absolute Gasteiger partial charge is 0.315 e. The van der Waals surface area contributed by atoms with E-state index in [1.165, 1.54) is 0 Å². The number of ether oxygens (including phenoxy) is 1. The summed E-state index contributed by atoms with van der Waals surface area (Å²) in [4.78, 5) is 0. The summed E-state index contributed by atoms with van der Waals surface area (Å²) in [5, 5.41) is 10.8. The number of benzene rings is 1. The minimum atomic E-state index is -0.406. The molecule has 0 fully saturated rings. The van der Waals surface area contributed by atoms with Crippen molar-refractivity contribution in [3.63, 3.8) is 0 Å². The molecule has 3 N–H and O–H groups in total. The van der Waals surface area contributed by atoms with E-state index in [2.05, 4.69) is 15.5 Å². The highest BCUT2D eigenvalue weighted by molar-refractivity contribution is 5.85. The average Bonchev–Trinajstić information content (AvgIpc) is 2.92. The van der Waals surface area contributed by atoms with Gasteiger partial charge in [-0.3, -0.25) is 0 Å². The Kier molecular flexibility index (Phi) is 7.00. The molecule has 0 aliphatic rings. The summed E-state index contributed by atoms with van der Waals surface area (Å²) in [6, 6.07) is 9.59. The summed E-state index contributed by atoms with van der Waals surface area (Å²) >= 11 is 0. The van der Waals surface area contributed by atoms with Crippen LogP contribution in [-0.4, -0.2) is 30.0 Å². The van der Waals surface area contributed by atoms with E-state index < -0.39 is 6.04 Å². The highest BCUT2D eigenvalue weighted by Crippen LogP contribution is 2.19. The van der Waals surface area contributed by atoms with Gasteiger partial charge in [0.2, 0.25) is 5.89 Å². The Balaban J connectivity index is 0.00000200. The topological polar surface area (TPSA) is 86.2 Å². The number of hydrogen-bond acceptors (Lipinski definition) is 6. The predicted molar refractivity (Wildman–Crippen MR) is 79.0 cm³/mol. The minimum Gasteiger partial charge on any atom is -0.406 e. The van der Waals surface area contributed by atoms with Gasteiger partial charge in [-0.2, -0.15) is 0 Å². The van der Waals surface area contributed by atoms with Crippen LogP contribution in [0.5, 0.6) is 0 Å². The zero-order valence-corrected chi connectivity index (χ0v) is 12.1. The standard InChI is InChI=1S/C13H18N4O2.ClH/c1-2-18-9-8-15-13-17-16-12(19-13)11(14)10-6-4-3-5-7-10;/h3-7,11H,2,8-9,14H2,1H3,(H,15,17);1H/t11-;/m1./s1. The lowest BCUT2D eigenvalue weighted by Gasteiger charge is -2.06. The molecule has 1 aromatic heterocycles. The Bertz CT molecular complexity index is 492. The van der Waals surface area contributed by atoms with Crippen molar-refractivity contribution < 1.29 is 9.15 Å². The molecule has 2 rings (SSSR count). The molecule has 0 amide bonds. The van der Waals surface area contributed by atoms with E-state index in [0.29, 0.717) is 31.7 Å². The first kappa shape index (κ1) is 16.4. The first-order chi connectivity index (χ1) is 9.31. The molecule has 110 valence electrons. The van der Waals surface area contributed by atoms with Gasteiger partial charge in [0, 0.05) is 13.2 Å². The SMILES string of the molecule is CCOCCNc1nnc([C@H](N)c2ccccc2)o1.Cl. The van der Waals surface area contributed by atoms with Crippen molar-refractivity contribution in [3.05, 3.63) is 41.8 Å². The van der Waals surface area contributed by atoms with Crippen molar-refractivity contribution in [2.24, 2.45) is 5.73 Å². The van der Waals surface area contributed by atoms with E-state index >= 15 is 0 Å². The summed E-state index contributed by atoms with van der Waals surface area (Å²) in [6.45, 7) is 3.86. The van der Waals surface area contributed by atoms with Gasteiger partial charge in [0.25, 0.3) is 0 Å². The van der Waals surface area contributed by atoms with Gasteiger partial charge in [0.1, 0.15) is 6.04 Å². The molecule has 0 saturated heterocycles. The van der Waals surface area contributed by atoms with Gasteiger partial charge in [0.05, 0.1) is 6.61 Å². The van der Waals surface area contributed by atoms with Crippen molar-refractivity contribution in [1.29, 1.82) is 0 Å². The molecule has 0 aliphatic heterocycles. The second-order valence-electron chi connectivity index (χ2n) is 3.96. The lowest BCUT2D eigenvalue weighted by molar-refractivity contribution is 0.157. The van der Waals surface area contributed by atoms with E-state index in [-0.39, 0.29) is 12.4 Å². The van der Waals surface area contributed by atoms with Gasteiger partial charge in [-0.1, -0.05) is 35.4 Å². The molecule has 0 radical (unpaired) electrons. The largest absolute Gasteiger partial charge is 0.406 e. The van der Waals surface area contributed by atoms with Gasteiger partial charge in [-0.05, 0) is 12.5 Å².